The molecule has 0 amide bonds. The van der Waals surface area contributed by atoms with Crippen molar-refractivity contribution in [2.75, 3.05) is 0 Å². The molecule has 1 heteroatoms. The predicted octanol–water partition coefficient (Wildman–Crippen LogP) is 3.70. The molecule has 0 aliphatic carbocycles. The summed E-state index contributed by atoms with van der Waals surface area (Å²) in [6, 6.07) is 21.4. The van der Waals surface area contributed by atoms with Gasteiger partial charge < -0.3 is 0 Å². The predicted molar refractivity (Wildman–Crippen MR) is 66.0 cm³/mol. The molecule has 0 spiro atoms. The number of rotatable bonds is 1. The van der Waals surface area contributed by atoms with E-state index in [0.29, 0.717) is 0 Å². The maximum atomic E-state index is 4.44. The zero-order valence-electron chi connectivity index (χ0n) is 8.72. The van der Waals surface area contributed by atoms with Crippen LogP contribution in [0.1, 0.15) is 0 Å². The summed E-state index contributed by atoms with van der Waals surface area (Å²) >= 11 is 0. The van der Waals surface area contributed by atoms with Gasteiger partial charge in [0, 0.05) is 17.1 Å². The quantitative estimate of drug-likeness (QED) is 0.589. The van der Waals surface area contributed by atoms with Gasteiger partial charge in [-0.05, 0) is 23.8 Å². The van der Waals surface area contributed by atoms with Gasteiger partial charge in [0.15, 0.2) is 0 Å². The highest BCUT2D eigenvalue weighted by molar-refractivity contribution is 5.93. The van der Waals surface area contributed by atoms with Crippen LogP contribution in [-0.2, 0) is 0 Å². The minimum atomic E-state index is 1.05. The molecule has 3 aromatic rings. The third kappa shape index (κ3) is 1.47. The van der Waals surface area contributed by atoms with Crippen LogP contribution >= 0.6 is 0 Å². The molecule has 0 fully saturated rings. The molecule has 0 saturated carbocycles. The molecule has 75 valence electrons. The Morgan fingerprint density at radius 3 is 2.75 bits per heavy atom. The third-order valence-corrected chi connectivity index (χ3v) is 2.65. The molecular formula is C15H10N. The molecule has 2 aromatic carbocycles. The van der Waals surface area contributed by atoms with E-state index in [1.54, 1.807) is 0 Å². The zero-order valence-corrected chi connectivity index (χ0v) is 8.72. The number of pyridine rings is 1. The Kier molecular flexibility index (Phi) is 2.15. The lowest BCUT2D eigenvalue weighted by atomic mass is 10.0. The van der Waals surface area contributed by atoms with Crippen molar-refractivity contribution in [1.29, 1.82) is 0 Å². The molecule has 0 aliphatic rings. The molecule has 1 nitrogen and oxygen atoms in total. The Morgan fingerprint density at radius 2 is 1.88 bits per heavy atom. The standard InChI is InChI=1S/C15H10N/c1-2-6-12(7-3-1)14-10-4-8-13-9-5-11-16-15(13)14/h1-2,4-11H. The topological polar surface area (TPSA) is 12.9 Å². The Balaban J connectivity index is 2.32. The van der Waals surface area contributed by atoms with Crippen molar-refractivity contribution in [3.8, 4) is 11.1 Å². The van der Waals surface area contributed by atoms with Gasteiger partial charge in [-0.25, -0.2) is 0 Å². The SMILES string of the molecule is [c]1cccc(-c2cccc3cccnc23)c1. The van der Waals surface area contributed by atoms with E-state index in [4.69, 9.17) is 0 Å². The molecule has 0 atom stereocenters. The lowest BCUT2D eigenvalue weighted by Gasteiger charge is -2.04. The van der Waals surface area contributed by atoms with Gasteiger partial charge in [-0.15, -0.1) is 0 Å². The van der Waals surface area contributed by atoms with E-state index < -0.39 is 0 Å². The highest BCUT2D eigenvalue weighted by Crippen LogP contribution is 2.26. The van der Waals surface area contributed by atoms with Crippen LogP contribution in [0.25, 0.3) is 22.0 Å². The van der Waals surface area contributed by atoms with Crippen molar-refractivity contribution in [2.45, 2.75) is 0 Å². The second kappa shape index (κ2) is 3.78. The smallest absolute Gasteiger partial charge is 0.0780 e. The van der Waals surface area contributed by atoms with Crippen LogP contribution in [0, 0.1) is 6.07 Å². The second-order valence-electron chi connectivity index (χ2n) is 3.67. The number of nitrogens with zero attached hydrogens (tertiary/aromatic N) is 1. The summed E-state index contributed by atoms with van der Waals surface area (Å²) in [5.41, 5.74) is 3.37. The first kappa shape index (κ1) is 9.10. The summed E-state index contributed by atoms with van der Waals surface area (Å²) in [5, 5.41) is 1.17. The second-order valence-corrected chi connectivity index (χ2v) is 3.67. The Morgan fingerprint density at radius 1 is 0.938 bits per heavy atom. The fourth-order valence-corrected chi connectivity index (χ4v) is 1.90. The Labute approximate surface area is 94.4 Å². The van der Waals surface area contributed by atoms with Crippen LogP contribution in [0.3, 0.4) is 0 Å². The van der Waals surface area contributed by atoms with E-state index in [0.717, 1.165) is 16.6 Å². The van der Waals surface area contributed by atoms with Crippen molar-refractivity contribution < 1.29 is 0 Å². The largest absolute Gasteiger partial charge is 0.256 e. The van der Waals surface area contributed by atoms with Gasteiger partial charge in [0.2, 0.25) is 0 Å². The van der Waals surface area contributed by atoms with Crippen molar-refractivity contribution >= 4 is 10.9 Å². The summed E-state index contributed by atoms with van der Waals surface area (Å²) in [6.45, 7) is 0. The Bertz CT molecular complexity index is 609. The molecule has 16 heavy (non-hydrogen) atoms. The van der Waals surface area contributed by atoms with Gasteiger partial charge in [-0.2, -0.15) is 0 Å². The monoisotopic (exact) mass is 204 g/mol. The molecule has 3 rings (SSSR count). The van der Waals surface area contributed by atoms with Crippen LogP contribution in [0.5, 0.6) is 0 Å². The lowest BCUT2D eigenvalue weighted by molar-refractivity contribution is 1.41. The number of fused-ring (bicyclic) bond motifs is 1. The zero-order chi connectivity index (χ0) is 10.8. The van der Waals surface area contributed by atoms with Crippen LogP contribution < -0.4 is 0 Å². The highest BCUT2D eigenvalue weighted by Gasteiger charge is 2.02. The summed E-state index contributed by atoms with van der Waals surface area (Å²) in [6.07, 6.45) is 1.83. The first-order valence-corrected chi connectivity index (χ1v) is 5.25. The minimum absolute atomic E-state index is 1.05. The summed E-state index contributed by atoms with van der Waals surface area (Å²) in [7, 11) is 0. The number of hydrogen-bond acceptors (Lipinski definition) is 1. The number of benzene rings is 2. The first-order valence-electron chi connectivity index (χ1n) is 5.25. The number of aromatic nitrogens is 1. The number of para-hydroxylation sites is 1. The fraction of sp³-hybridized carbons (Fsp3) is 0. The van der Waals surface area contributed by atoms with E-state index >= 15 is 0 Å². The van der Waals surface area contributed by atoms with E-state index in [1.807, 2.05) is 30.5 Å². The molecule has 0 bridgehead atoms. The summed E-state index contributed by atoms with van der Waals surface area (Å²) in [5.74, 6) is 0. The lowest BCUT2D eigenvalue weighted by Crippen LogP contribution is -1.83. The average Bonchev–Trinajstić information content (AvgIpc) is 2.39. The van der Waals surface area contributed by atoms with E-state index in [9.17, 15) is 0 Å². The first-order chi connectivity index (χ1) is 7.95. The summed E-state index contributed by atoms with van der Waals surface area (Å²) in [4.78, 5) is 4.44. The van der Waals surface area contributed by atoms with Gasteiger partial charge in [-0.3, -0.25) is 4.98 Å². The van der Waals surface area contributed by atoms with Crippen molar-refractivity contribution in [1.82, 2.24) is 4.98 Å². The van der Waals surface area contributed by atoms with Crippen molar-refractivity contribution in [3.05, 3.63) is 66.9 Å². The van der Waals surface area contributed by atoms with Crippen LogP contribution in [-0.4, -0.2) is 4.98 Å². The van der Waals surface area contributed by atoms with E-state index in [2.05, 4.69) is 41.4 Å². The fourth-order valence-electron chi connectivity index (χ4n) is 1.90. The highest BCUT2D eigenvalue weighted by atomic mass is 14.6. The normalized spacial score (nSPS) is 10.5. The van der Waals surface area contributed by atoms with Crippen LogP contribution in [0.2, 0.25) is 0 Å². The van der Waals surface area contributed by atoms with Crippen molar-refractivity contribution in [2.24, 2.45) is 0 Å². The van der Waals surface area contributed by atoms with Crippen LogP contribution in [0.4, 0.5) is 0 Å². The molecular weight excluding hydrogens is 194 g/mol. The maximum absolute atomic E-state index is 4.44. The van der Waals surface area contributed by atoms with Gasteiger partial charge >= 0.3 is 0 Å². The molecule has 1 aromatic heterocycles. The molecule has 0 unspecified atom stereocenters. The Hall–Kier alpha value is -2.15. The molecule has 1 radical (unpaired) electrons. The van der Waals surface area contributed by atoms with Gasteiger partial charge in [-0.1, -0.05) is 42.5 Å². The summed E-state index contributed by atoms with van der Waals surface area (Å²) < 4.78 is 0. The minimum Gasteiger partial charge on any atom is -0.256 e. The molecule has 0 N–H and O–H groups in total. The average molecular weight is 204 g/mol. The van der Waals surface area contributed by atoms with E-state index in [1.165, 1.54) is 5.39 Å². The molecule has 1 heterocycles. The van der Waals surface area contributed by atoms with Crippen LogP contribution in [0.15, 0.2) is 60.8 Å². The number of hydrogen-bond donors (Lipinski definition) is 0. The maximum Gasteiger partial charge on any atom is 0.0780 e. The van der Waals surface area contributed by atoms with Gasteiger partial charge in [0.05, 0.1) is 5.52 Å². The van der Waals surface area contributed by atoms with Gasteiger partial charge in [0.25, 0.3) is 0 Å². The van der Waals surface area contributed by atoms with E-state index in [-0.39, 0.29) is 0 Å². The van der Waals surface area contributed by atoms with Crippen molar-refractivity contribution in [3.63, 3.8) is 0 Å². The third-order valence-electron chi connectivity index (χ3n) is 2.65. The molecule has 0 aliphatic heterocycles. The van der Waals surface area contributed by atoms with Gasteiger partial charge in [0.1, 0.15) is 0 Å². The molecule has 0 saturated heterocycles.